The van der Waals surface area contributed by atoms with Crippen molar-refractivity contribution in [2.45, 2.75) is 25.3 Å². The van der Waals surface area contributed by atoms with Crippen LogP contribution in [-0.4, -0.2) is 59.2 Å². The van der Waals surface area contributed by atoms with Crippen molar-refractivity contribution in [3.05, 3.63) is 0 Å². The van der Waals surface area contributed by atoms with Crippen LogP contribution in [0.2, 0.25) is 0 Å². The first-order valence-electron chi connectivity index (χ1n) is 5.99. The molecule has 0 aromatic heterocycles. The van der Waals surface area contributed by atoms with Crippen molar-refractivity contribution in [2.75, 3.05) is 40.4 Å². The van der Waals surface area contributed by atoms with Crippen LogP contribution in [0.15, 0.2) is 0 Å². The number of hydrogen-bond donors (Lipinski definition) is 2. The molecule has 0 spiro atoms. The van der Waals surface area contributed by atoms with Gasteiger partial charge in [0.2, 0.25) is 0 Å². The van der Waals surface area contributed by atoms with Crippen molar-refractivity contribution in [1.82, 2.24) is 14.3 Å². The van der Waals surface area contributed by atoms with E-state index in [0.29, 0.717) is 19.7 Å². The molecule has 7 heteroatoms. The number of likely N-dealkylation sites (N-methyl/N-ethyl adjacent to an activating group) is 1. The first-order chi connectivity index (χ1) is 8.06. The summed E-state index contributed by atoms with van der Waals surface area (Å²) in [7, 11) is -0.220. The lowest BCUT2D eigenvalue weighted by molar-refractivity contribution is 0.203. The second-order valence-corrected chi connectivity index (χ2v) is 6.18. The number of nitrogens with zero attached hydrogens (tertiary/aromatic N) is 1. The maximum Gasteiger partial charge on any atom is 0.279 e. The number of methoxy groups -OCH3 is 1. The van der Waals surface area contributed by atoms with E-state index in [0.717, 1.165) is 13.0 Å². The Morgan fingerprint density at radius 2 is 2.24 bits per heavy atom. The second-order valence-electron chi connectivity index (χ2n) is 4.32. The van der Waals surface area contributed by atoms with Gasteiger partial charge in [-0.1, -0.05) is 6.42 Å². The summed E-state index contributed by atoms with van der Waals surface area (Å²) in [5.41, 5.74) is 0. The summed E-state index contributed by atoms with van der Waals surface area (Å²) in [4.78, 5) is 0. The summed E-state index contributed by atoms with van der Waals surface area (Å²) in [6.45, 7) is 2.19. The average Bonchev–Trinajstić information content (AvgIpc) is 2.30. The highest BCUT2D eigenvalue weighted by Crippen LogP contribution is 2.08. The molecule has 102 valence electrons. The molecule has 1 atom stereocenters. The lowest BCUT2D eigenvalue weighted by Crippen LogP contribution is -2.47. The van der Waals surface area contributed by atoms with Crippen LogP contribution in [0.25, 0.3) is 0 Å². The molecule has 6 nitrogen and oxygen atoms in total. The zero-order valence-corrected chi connectivity index (χ0v) is 11.4. The van der Waals surface area contributed by atoms with E-state index in [-0.39, 0.29) is 6.04 Å². The Morgan fingerprint density at radius 1 is 1.47 bits per heavy atom. The van der Waals surface area contributed by atoms with E-state index in [2.05, 4.69) is 10.0 Å². The van der Waals surface area contributed by atoms with Gasteiger partial charge in [0.25, 0.3) is 10.2 Å². The summed E-state index contributed by atoms with van der Waals surface area (Å²) < 4.78 is 32.3. The molecule has 0 aromatic rings. The van der Waals surface area contributed by atoms with Crippen molar-refractivity contribution in [2.24, 2.45) is 0 Å². The van der Waals surface area contributed by atoms with Crippen LogP contribution in [0.3, 0.4) is 0 Å². The molecular formula is C10H23N3O3S. The maximum atomic E-state index is 11.8. The normalized spacial score (nSPS) is 21.9. The third kappa shape index (κ3) is 5.31. The van der Waals surface area contributed by atoms with Crippen molar-refractivity contribution >= 4 is 10.2 Å². The van der Waals surface area contributed by atoms with Crippen LogP contribution in [-0.2, 0) is 14.9 Å². The smallest absolute Gasteiger partial charge is 0.279 e. The van der Waals surface area contributed by atoms with Crippen molar-refractivity contribution in [1.29, 1.82) is 0 Å². The van der Waals surface area contributed by atoms with Crippen molar-refractivity contribution in [3.63, 3.8) is 0 Å². The van der Waals surface area contributed by atoms with Crippen LogP contribution in [0.4, 0.5) is 0 Å². The molecule has 1 saturated heterocycles. The summed E-state index contributed by atoms with van der Waals surface area (Å²) in [6.07, 6.45) is 3.39. The second kappa shape index (κ2) is 7.27. The Balaban J connectivity index is 2.36. The van der Waals surface area contributed by atoms with Gasteiger partial charge >= 0.3 is 0 Å². The highest BCUT2D eigenvalue weighted by Gasteiger charge is 2.22. The van der Waals surface area contributed by atoms with E-state index >= 15 is 0 Å². The van der Waals surface area contributed by atoms with E-state index in [4.69, 9.17) is 4.74 Å². The summed E-state index contributed by atoms with van der Waals surface area (Å²) in [5, 5.41) is 3.33. The lowest BCUT2D eigenvalue weighted by Gasteiger charge is -2.27. The highest BCUT2D eigenvalue weighted by molar-refractivity contribution is 7.87. The van der Waals surface area contributed by atoms with Gasteiger partial charge in [-0.25, -0.2) is 0 Å². The monoisotopic (exact) mass is 265 g/mol. The van der Waals surface area contributed by atoms with Gasteiger partial charge in [-0.05, 0) is 19.4 Å². The van der Waals surface area contributed by atoms with Crippen LogP contribution >= 0.6 is 0 Å². The minimum atomic E-state index is -3.37. The van der Waals surface area contributed by atoms with Crippen molar-refractivity contribution in [3.8, 4) is 0 Å². The molecule has 0 aromatic carbocycles. The van der Waals surface area contributed by atoms with Gasteiger partial charge in [0, 0.05) is 33.3 Å². The number of nitrogens with one attached hydrogen (secondary N) is 2. The Hall–Kier alpha value is -0.210. The number of piperidine rings is 1. The van der Waals surface area contributed by atoms with Crippen LogP contribution in [0, 0.1) is 0 Å². The fraction of sp³-hybridized carbons (Fsp3) is 1.00. The molecule has 1 aliphatic rings. The molecular weight excluding hydrogens is 242 g/mol. The molecule has 1 aliphatic heterocycles. The predicted molar refractivity (Wildman–Crippen MR) is 67.1 cm³/mol. The van der Waals surface area contributed by atoms with Gasteiger partial charge in [-0.3, -0.25) is 0 Å². The molecule has 1 rings (SSSR count). The molecule has 17 heavy (non-hydrogen) atoms. The fourth-order valence-corrected chi connectivity index (χ4v) is 2.81. The Morgan fingerprint density at radius 3 is 2.82 bits per heavy atom. The topological polar surface area (TPSA) is 70.7 Å². The van der Waals surface area contributed by atoms with E-state index < -0.39 is 10.2 Å². The zero-order chi connectivity index (χ0) is 12.7. The van der Waals surface area contributed by atoms with Gasteiger partial charge in [-0.2, -0.15) is 17.4 Å². The van der Waals surface area contributed by atoms with Gasteiger partial charge in [-0.15, -0.1) is 0 Å². The Kier molecular flexibility index (Phi) is 6.35. The molecule has 0 aliphatic carbocycles. The van der Waals surface area contributed by atoms with Gasteiger partial charge < -0.3 is 10.1 Å². The number of hydrogen-bond acceptors (Lipinski definition) is 4. The third-order valence-electron chi connectivity index (χ3n) is 2.89. The molecule has 1 heterocycles. The first kappa shape index (κ1) is 14.8. The van der Waals surface area contributed by atoms with E-state index in [1.807, 2.05) is 0 Å². The van der Waals surface area contributed by atoms with Crippen LogP contribution in [0.1, 0.15) is 19.3 Å². The Bertz CT molecular complexity index is 302. The summed E-state index contributed by atoms with van der Waals surface area (Å²) in [6, 6.07) is 0.271. The highest BCUT2D eigenvalue weighted by atomic mass is 32.2. The first-order valence-corrected chi connectivity index (χ1v) is 7.43. The lowest BCUT2D eigenvalue weighted by atomic mass is 10.1. The SMILES string of the molecule is COCCNS(=O)(=O)N(C)CC1CCCCN1. The van der Waals surface area contributed by atoms with E-state index in [9.17, 15) is 8.42 Å². The minimum absolute atomic E-state index is 0.271. The molecule has 0 amide bonds. The van der Waals surface area contributed by atoms with Gasteiger partial charge in [0.05, 0.1) is 6.61 Å². The molecule has 0 saturated carbocycles. The quantitative estimate of drug-likeness (QED) is 0.611. The van der Waals surface area contributed by atoms with Crippen molar-refractivity contribution < 1.29 is 13.2 Å². The maximum absolute atomic E-state index is 11.8. The fourth-order valence-electron chi connectivity index (χ4n) is 1.87. The standard InChI is InChI=1S/C10H23N3O3S/c1-13(9-10-5-3-4-6-11-10)17(14,15)12-7-8-16-2/h10-12H,3-9H2,1-2H3. The van der Waals surface area contributed by atoms with Gasteiger partial charge in [0.1, 0.15) is 0 Å². The van der Waals surface area contributed by atoms with Crippen LogP contribution < -0.4 is 10.0 Å². The summed E-state index contributed by atoms with van der Waals surface area (Å²) in [5.74, 6) is 0. The molecule has 0 bridgehead atoms. The predicted octanol–water partition coefficient (Wildman–Crippen LogP) is -0.459. The van der Waals surface area contributed by atoms with E-state index in [1.54, 1.807) is 14.2 Å². The Labute approximate surface area is 104 Å². The molecule has 1 unspecified atom stereocenters. The molecule has 0 radical (unpaired) electrons. The zero-order valence-electron chi connectivity index (χ0n) is 10.6. The largest absolute Gasteiger partial charge is 0.383 e. The molecule has 1 fully saturated rings. The third-order valence-corrected chi connectivity index (χ3v) is 4.43. The molecule has 2 N–H and O–H groups in total. The number of rotatable bonds is 7. The summed E-state index contributed by atoms with van der Waals surface area (Å²) >= 11 is 0. The van der Waals surface area contributed by atoms with E-state index in [1.165, 1.54) is 17.1 Å². The average molecular weight is 265 g/mol. The van der Waals surface area contributed by atoms with Crippen LogP contribution in [0.5, 0.6) is 0 Å². The van der Waals surface area contributed by atoms with Gasteiger partial charge in [0.15, 0.2) is 0 Å². The number of ether oxygens (including phenoxy) is 1. The minimum Gasteiger partial charge on any atom is -0.383 e.